The minimum atomic E-state index is 0.410. The van der Waals surface area contributed by atoms with Crippen molar-refractivity contribution in [1.82, 2.24) is 5.16 Å². The van der Waals surface area contributed by atoms with E-state index in [0.717, 1.165) is 26.9 Å². The number of halogens is 1. The highest BCUT2D eigenvalue weighted by molar-refractivity contribution is 9.10. The van der Waals surface area contributed by atoms with Crippen LogP contribution >= 0.6 is 15.9 Å². The second-order valence-corrected chi connectivity index (χ2v) is 5.94. The Labute approximate surface area is 131 Å². The molecule has 0 spiro atoms. The van der Waals surface area contributed by atoms with Crippen molar-refractivity contribution in [3.63, 3.8) is 0 Å². The van der Waals surface area contributed by atoms with E-state index in [1.54, 1.807) is 0 Å². The molecule has 3 aromatic rings. The van der Waals surface area contributed by atoms with E-state index in [-0.39, 0.29) is 0 Å². The third kappa shape index (κ3) is 2.47. The normalized spacial score (nSPS) is 10.8. The Balaban J connectivity index is 2.22. The molecule has 106 valence electrons. The Morgan fingerprint density at radius 1 is 1.05 bits per heavy atom. The molecular weight excluding hydrogens is 328 g/mol. The van der Waals surface area contributed by atoms with Gasteiger partial charge in [0.15, 0.2) is 11.6 Å². The van der Waals surface area contributed by atoms with E-state index < -0.39 is 0 Å². The molecule has 0 aliphatic rings. The van der Waals surface area contributed by atoms with Crippen LogP contribution in [-0.2, 0) is 0 Å². The van der Waals surface area contributed by atoms with E-state index in [1.807, 2.05) is 36.4 Å². The summed E-state index contributed by atoms with van der Waals surface area (Å²) in [5.74, 6) is 1.13. The van der Waals surface area contributed by atoms with Gasteiger partial charge in [-0.15, -0.1) is 0 Å². The first-order valence-corrected chi connectivity index (χ1v) is 7.45. The Hall–Kier alpha value is -2.07. The lowest BCUT2D eigenvalue weighted by molar-refractivity contribution is 0.436. The maximum absolute atomic E-state index is 6.02. The maximum atomic E-state index is 6.02. The van der Waals surface area contributed by atoms with Crippen molar-refractivity contribution >= 4 is 21.7 Å². The van der Waals surface area contributed by atoms with Gasteiger partial charge in [-0.2, -0.15) is 0 Å². The zero-order valence-corrected chi connectivity index (χ0v) is 13.4. The lowest BCUT2D eigenvalue weighted by atomic mass is 9.96. The molecule has 3 rings (SSSR count). The molecule has 0 saturated heterocycles. The molecule has 0 amide bonds. The van der Waals surface area contributed by atoms with Crippen molar-refractivity contribution in [2.75, 3.05) is 5.73 Å². The Bertz CT molecular complexity index is 791. The summed E-state index contributed by atoms with van der Waals surface area (Å²) in [6.07, 6.45) is 0. The smallest absolute Gasteiger partial charge is 0.177 e. The molecule has 4 heteroatoms. The fourth-order valence-corrected chi connectivity index (χ4v) is 2.64. The summed E-state index contributed by atoms with van der Waals surface area (Å²) >= 11 is 3.44. The molecular formula is C17H15BrN2O. The lowest BCUT2D eigenvalue weighted by Crippen LogP contribution is -1.91. The van der Waals surface area contributed by atoms with Gasteiger partial charge in [-0.25, -0.2) is 0 Å². The van der Waals surface area contributed by atoms with Crippen molar-refractivity contribution < 1.29 is 4.52 Å². The van der Waals surface area contributed by atoms with Gasteiger partial charge in [0.25, 0.3) is 0 Å². The highest BCUT2D eigenvalue weighted by Crippen LogP contribution is 2.38. The number of hydrogen-bond donors (Lipinski definition) is 1. The molecule has 1 heterocycles. The summed E-state index contributed by atoms with van der Waals surface area (Å²) in [5.41, 5.74) is 11.3. The molecule has 1 aromatic heterocycles. The fraction of sp³-hybridized carbons (Fsp3) is 0.118. The van der Waals surface area contributed by atoms with Gasteiger partial charge < -0.3 is 10.3 Å². The van der Waals surface area contributed by atoms with Gasteiger partial charge in [0, 0.05) is 10.0 Å². The van der Waals surface area contributed by atoms with Gasteiger partial charge in [-0.1, -0.05) is 51.4 Å². The number of aromatic nitrogens is 1. The van der Waals surface area contributed by atoms with Crippen LogP contribution in [0, 0.1) is 13.8 Å². The molecule has 0 saturated carbocycles. The zero-order valence-electron chi connectivity index (χ0n) is 11.9. The predicted molar refractivity (Wildman–Crippen MR) is 89.0 cm³/mol. The van der Waals surface area contributed by atoms with Crippen molar-refractivity contribution in [3.05, 3.63) is 58.1 Å². The first-order chi connectivity index (χ1) is 10.1. The first kappa shape index (κ1) is 13.9. The summed E-state index contributed by atoms with van der Waals surface area (Å²) in [4.78, 5) is 0. The standard InChI is InChI=1S/C17H15BrN2O/c1-10-4-3-5-14(11(10)2)16-15(17(19)20-21-16)12-6-8-13(18)9-7-12/h3-9H,1-2H3,(H2,19,20). The number of nitrogens with zero attached hydrogens (tertiary/aromatic N) is 1. The summed E-state index contributed by atoms with van der Waals surface area (Å²) in [6, 6.07) is 14.1. The summed E-state index contributed by atoms with van der Waals surface area (Å²) in [7, 11) is 0. The average molecular weight is 343 g/mol. The molecule has 0 radical (unpaired) electrons. The second-order valence-electron chi connectivity index (χ2n) is 5.03. The number of nitrogen functional groups attached to an aromatic ring is 1. The van der Waals surface area contributed by atoms with Gasteiger partial charge >= 0.3 is 0 Å². The molecule has 0 aliphatic carbocycles. The van der Waals surface area contributed by atoms with E-state index in [0.29, 0.717) is 5.82 Å². The van der Waals surface area contributed by atoms with Crippen molar-refractivity contribution in [2.45, 2.75) is 13.8 Å². The molecule has 2 aromatic carbocycles. The Morgan fingerprint density at radius 2 is 1.76 bits per heavy atom. The van der Waals surface area contributed by atoms with Crippen LogP contribution in [0.4, 0.5) is 5.82 Å². The van der Waals surface area contributed by atoms with E-state index in [4.69, 9.17) is 10.3 Å². The molecule has 0 aliphatic heterocycles. The van der Waals surface area contributed by atoms with E-state index in [1.165, 1.54) is 11.1 Å². The van der Waals surface area contributed by atoms with Crippen LogP contribution in [0.25, 0.3) is 22.5 Å². The largest absolute Gasteiger partial charge is 0.380 e. The molecule has 2 N–H and O–H groups in total. The molecule has 0 atom stereocenters. The van der Waals surface area contributed by atoms with Crippen LogP contribution in [-0.4, -0.2) is 5.16 Å². The van der Waals surface area contributed by atoms with Crippen molar-refractivity contribution in [2.24, 2.45) is 0 Å². The van der Waals surface area contributed by atoms with E-state index in [9.17, 15) is 0 Å². The molecule has 0 fully saturated rings. The third-order valence-corrected chi connectivity index (χ3v) is 4.23. The van der Waals surface area contributed by atoms with Gasteiger partial charge in [0.05, 0.1) is 5.56 Å². The molecule has 0 unspecified atom stereocenters. The topological polar surface area (TPSA) is 52.0 Å². The minimum absolute atomic E-state index is 0.410. The Kier molecular flexibility index (Phi) is 3.55. The SMILES string of the molecule is Cc1cccc(-c2onc(N)c2-c2ccc(Br)cc2)c1C. The summed E-state index contributed by atoms with van der Waals surface area (Å²) in [5, 5.41) is 3.95. The van der Waals surface area contributed by atoms with E-state index >= 15 is 0 Å². The minimum Gasteiger partial charge on any atom is -0.380 e. The molecule has 3 nitrogen and oxygen atoms in total. The average Bonchev–Trinajstić information content (AvgIpc) is 2.85. The first-order valence-electron chi connectivity index (χ1n) is 6.65. The van der Waals surface area contributed by atoms with Gasteiger partial charge in [0.2, 0.25) is 0 Å². The van der Waals surface area contributed by atoms with Crippen LogP contribution in [0.3, 0.4) is 0 Å². The van der Waals surface area contributed by atoms with Gasteiger partial charge in [0.1, 0.15) is 0 Å². The lowest BCUT2D eigenvalue weighted by Gasteiger charge is -2.08. The molecule has 0 bridgehead atoms. The number of benzene rings is 2. The Morgan fingerprint density at radius 3 is 2.48 bits per heavy atom. The van der Waals surface area contributed by atoms with Crippen molar-refractivity contribution in [3.8, 4) is 22.5 Å². The highest BCUT2D eigenvalue weighted by atomic mass is 79.9. The molecule has 21 heavy (non-hydrogen) atoms. The number of aryl methyl sites for hydroxylation is 1. The monoisotopic (exact) mass is 342 g/mol. The van der Waals surface area contributed by atoms with E-state index in [2.05, 4.69) is 41.0 Å². The summed E-state index contributed by atoms with van der Waals surface area (Å²) < 4.78 is 6.54. The predicted octanol–water partition coefficient (Wildman–Crippen LogP) is 4.97. The zero-order chi connectivity index (χ0) is 15.0. The number of rotatable bonds is 2. The quantitative estimate of drug-likeness (QED) is 0.715. The summed E-state index contributed by atoms with van der Waals surface area (Å²) in [6.45, 7) is 4.16. The maximum Gasteiger partial charge on any atom is 0.177 e. The second kappa shape index (κ2) is 5.37. The van der Waals surface area contributed by atoms with Gasteiger partial charge in [-0.3, -0.25) is 0 Å². The van der Waals surface area contributed by atoms with Crippen LogP contribution in [0.15, 0.2) is 51.5 Å². The van der Waals surface area contributed by atoms with Crippen LogP contribution in [0.1, 0.15) is 11.1 Å². The number of anilines is 1. The fourth-order valence-electron chi connectivity index (χ4n) is 2.38. The van der Waals surface area contributed by atoms with Gasteiger partial charge in [-0.05, 0) is 42.7 Å². The number of hydrogen-bond acceptors (Lipinski definition) is 3. The van der Waals surface area contributed by atoms with Crippen LogP contribution in [0.5, 0.6) is 0 Å². The highest BCUT2D eigenvalue weighted by Gasteiger charge is 2.19. The van der Waals surface area contributed by atoms with Crippen molar-refractivity contribution in [1.29, 1.82) is 0 Å². The third-order valence-electron chi connectivity index (χ3n) is 3.70. The van der Waals surface area contributed by atoms with Crippen LogP contribution in [0.2, 0.25) is 0 Å². The van der Waals surface area contributed by atoms with Crippen LogP contribution < -0.4 is 5.73 Å². The number of nitrogens with two attached hydrogens (primary N) is 1.